The van der Waals surface area contributed by atoms with Gasteiger partial charge in [0.25, 0.3) is 5.91 Å². The van der Waals surface area contributed by atoms with E-state index >= 15 is 0 Å². The normalized spacial score (nSPS) is 12.0. The minimum Gasteiger partial charge on any atom is -0.370 e. The molecule has 0 radical (unpaired) electrons. The van der Waals surface area contributed by atoms with E-state index in [9.17, 15) is 31.1 Å². The average molecular weight is 426 g/mol. The Hall–Kier alpha value is -2.49. The lowest BCUT2D eigenvalue weighted by atomic mass is 10.0. The molecule has 152 valence electrons. The van der Waals surface area contributed by atoms with Gasteiger partial charge >= 0.3 is 12.4 Å². The van der Waals surface area contributed by atoms with Crippen LogP contribution in [-0.4, -0.2) is 24.0 Å². The first-order valence-corrected chi connectivity index (χ1v) is 8.28. The maximum atomic E-state index is 12.8. The molecule has 0 atom stereocenters. The number of nitrogens with zero attached hydrogens (tertiary/aromatic N) is 1. The summed E-state index contributed by atoms with van der Waals surface area (Å²) >= 11 is 5.69. The Balaban J connectivity index is 1.96. The third-order valence-corrected chi connectivity index (χ3v) is 3.75. The van der Waals surface area contributed by atoms with E-state index in [-0.39, 0.29) is 12.6 Å². The monoisotopic (exact) mass is 425 g/mol. The van der Waals surface area contributed by atoms with Crippen LogP contribution in [0.15, 0.2) is 36.5 Å². The van der Waals surface area contributed by atoms with Crippen molar-refractivity contribution in [1.29, 1.82) is 0 Å². The van der Waals surface area contributed by atoms with Gasteiger partial charge in [0, 0.05) is 24.8 Å². The highest BCUT2D eigenvalue weighted by atomic mass is 35.5. The molecule has 0 aliphatic rings. The van der Waals surface area contributed by atoms with Crippen molar-refractivity contribution < 1.29 is 31.1 Å². The highest BCUT2D eigenvalue weighted by Crippen LogP contribution is 2.36. The van der Waals surface area contributed by atoms with Gasteiger partial charge < -0.3 is 10.6 Å². The van der Waals surface area contributed by atoms with E-state index < -0.39 is 35.0 Å². The van der Waals surface area contributed by atoms with Gasteiger partial charge in [0.1, 0.15) is 5.82 Å². The molecule has 2 N–H and O–H groups in total. The molecular weight excluding hydrogens is 412 g/mol. The van der Waals surface area contributed by atoms with Gasteiger partial charge in [-0.1, -0.05) is 11.6 Å². The summed E-state index contributed by atoms with van der Waals surface area (Å²) in [6.45, 7) is 0.405. The van der Waals surface area contributed by atoms with Crippen molar-refractivity contribution in [1.82, 2.24) is 10.3 Å². The largest absolute Gasteiger partial charge is 0.416 e. The number of alkyl halides is 6. The van der Waals surface area contributed by atoms with Crippen LogP contribution in [0.2, 0.25) is 5.02 Å². The first-order chi connectivity index (χ1) is 13.0. The van der Waals surface area contributed by atoms with Crippen molar-refractivity contribution in [2.75, 3.05) is 18.4 Å². The summed E-state index contributed by atoms with van der Waals surface area (Å²) < 4.78 is 76.9. The second-order valence-electron chi connectivity index (χ2n) is 5.69. The Labute approximate surface area is 160 Å². The van der Waals surface area contributed by atoms with Gasteiger partial charge in [-0.25, -0.2) is 4.98 Å². The molecule has 2 rings (SSSR count). The molecule has 0 saturated carbocycles. The Morgan fingerprint density at radius 3 is 2.07 bits per heavy atom. The van der Waals surface area contributed by atoms with Crippen molar-refractivity contribution in [3.63, 3.8) is 0 Å². The number of aromatic nitrogens is 1. The van der Waals surface area contributed by atoms with E-state index in [4.69, 9.17) is 11.6 Å². The lowest BCUT2D eigenvalue weighted by molar-refractivity contribution is -0.143. The molecule has 1 heterocycles. The fourth-order valence-electron chi connectivity index (χ4n) is 2.18. The number of halogens is 7. The van der Waals surface area contributed by atoms with Gasteiger partial charge in [0.05, 0.1) is 16.1 Å². The molecule has 0 bridgehead atoms. The summed E-state index contributed by atoms with van der Waals surface area (Å²) in [5.74, 6) is -0.496. The molecule has 1 amide bonds. The van der Waals surface area contributed by atoms with Crippen molar-refractivity contribution in [2.24, 2.45) is 0 Å². The number of carbonyl (C=O) groups excluding carboxylic acids is 1. The van der Waals surface area contributed by atoms with Crippen LogP contribution in [0.4, 0.5) is 32.2 Å². The highest BCUT2D eigenvalue weighted by molar-refractivity contribution is 6.30. The standard InChI is InChI=1S/C17H14ClF6N3O/c18-13-2-3-14(27-9-13)25-4-1-5-26-15(28)10-6-11(16(19,20)21)8-12(7-10)17(22,23)24/h2-3,6-9H,1,4-5H2,(H,25,27)(H,26,28). The van der Waals surface area contributed by atoms with Crippen LogP contribution in [0.5, 0.6) is 0 Å². The maximum Gasteiger partial charge on any atom is 0.416 e. The molecule has 11 heteroatoms. The molecule has 0 spiro atoms. The SMILES string of the molecule is O=C(NCCCNc1ccc(Cl)cn1)c1cc(C(F)(F)F)cc(C(F)(F)F)c1. The third-order valence-electron chi connectivity index (χ3n) is 3.52. The number of hydrogen-bond acceptors (Lipinski definition) is 3. The van der Waals surface area contributed by atoms with E-state index in [1.807, 2.05) is 0 Å². The zero-order chi connectivity index (χ0) is 20.9. The predicted molar refractivity (Wildman–Crippen MR) is 91.1 cm³/mol. The molecule has 0 aliphatic heterocycles. The van der Waals surface area contributed by atoms with Crippen molar-refractivity contribution >= 4 is 23.3 Å². The zero-order valence-electron chi connectivity index (χ0n) is 14.1. The quantitative estimate of drug-likeness (QED) is 0.505. The molecule has 0 aliphatic carbocycles. The van der Waals surface area contributed by atoms with E-state index in [0.717, 1.165) is 0 Å². The smallest absolute Gasteiger partial charge is 0.370 e. The summed E-state index contributed by atoms with van der Waals surface area (Å²) in [4.78, 5) is 16.0. The van der Waals surface area contributed by atoms with Gasteiger partial charge in [-0.05, 0) is 36.8 Å². The number of benzene rings is 1. The van der Waals surface area contributed by atoms with Gasteiger partial charge in [-0.2, -0.15) is 26.3 Å². The lowest BCUT2D eigenvalue weighted by Crippen LogP contribution is -2.27. The summed E-state index contributed by atoms with van der Waals surface area (Å²) in [6.07, 6.45) is -8.23. The van der Waals surface area contributed by atoms with Crippen molar-refractivity contribution in [3.05, 3.63) is 58.2 Å². The van der Waals surface area contributed by atoms with Crippen molar-refractivity contribution in [3.8, 4) is 0 Å². The Morgan fingerprint density at radius 2 is 1.57 bits per heavy atom. The van der Waals surface area contributed by atoms with Gasteiger partial charge in [-0.15, -0.1) is 0 Å². The minimum absolute atomic E-state index is 0.0280. The molecule has 1 aromatic heterocycles. The van der Waals surface area contributed by atoms with Gasteiger partial charge in [0.15, 0.2) is 0 Å². The minimum atomic E-state index is -5.01. The van der Waals surface area contributed by atoms with Crippen LogP contribution in [0, 0.1) is 0 Å². The second-order valence-corrected chi connectivity index (χ2v) is 6.13. The van der Waals surface area contributed by atoms with Crippen LogP contribution >= 0.6 is 11.6 Å². The highest BCUT2D eigenvalue weighted by Gasteiger charge is 2.37. The van der Waals surface area contributed by atoms with Crippen LogP contribution in [0.25, 0.3) is 0 Å². The first-order valence-electron chi connectivity index (χ1n) is 7.90. The molecule has 2 aromatic rings. The number of pyridine rings is 1. The van der Waals surface area contributed by atoms with E-state index in [1.165, 1.54) is 6.20 Å². The Bertz CT molecular complexity index is 789. The van der Waals surface area contributed by atoms with Gasteiger partial charge in [0.2, 0.25) is 0 Å². The molecule has 0 unspecified atom stereocenters. The number of nitrogens with one attached hydrogen (secondary N) is 2. The van der Waals surface area contributed by atoms with E-state index in [2.05, 4.69) is 15.6 Å². The maximum absolute atomic E-state index is 12.8. The molecular formula is C17H14ClF6N3O. The summed E-state index contributed by atoms with van der Waals surface area (Å²) in [5.41, 5.74) is -3.79. The predicted octanol–water partition coefficient (Wildman–Crippen LogP) is 5.00. The van der Waals surface area contributed by atoms with Gasteiger partial charge in [-0.3, -0.25) is 4.79 Å². The molecule has 0 fully saturated rings. The molecule has 0 saturated heterocycles. The summed E-state index contributed by atoms with van der Waals surface area (Å²) in [7, 11) is 0. The summed E-state index contributed by atoms with van der Waals surface area (Å²) in [6, 6.07) is 3.99. The number of anilines is 1. The molecule has 28 heavy (non-hydrogen) atoms. The first kappa shape index (κ1) is 21.8. The van der Waals surface area contributed by atoms with Crippen LogP contribution in [-0.2, 0) is 12.4 Å². The number of rotatable bonds is 6. The average Bonchev–Trinajstić information content (AvgIpc) is 2.61. The van der Waals surface area contributed by atoms with E-state index in [1.54, 1.807) is 12.1 Å². The van der Waals surface area contributed by atoms with Crippen molar-refractivity contribution in [2.45, 2.75) is 18.8 Å². The molecule has 4 nitrogen and oxygen atoms in total. The Morgan fingerprint density at radius 1 is 0.964 bits per heavy atom. The Kier molecular flexibility index (Phi) is 6.76. The fraction of sp³-hybridized carbons (Fsp3) is 0.294. The summed E-state index contributed by atoms with van der Waals surface area (Å²) in [5, 5.41) is 5.68. The van der Waals surface area contributed by atoms with E-state index in [0.29, 0.717) is 35.9 Å². The number of carbonyl (C=O) groups is 1. The number of amides is 1. The molecule has 1 aromatic carbocycles. The fourth-order valence-corrected chi connectivity index (χ4v) is 2.29. The van der Waals surface area contributed by atoms with Crippen LogP contribution in [0.3, 0.4) is 0 Å². The zero-order valence-corrected chi connectivity index (χ0v) is 14.8. The van der Waals surface area contributed by atoms with Crippen LogP contribution < -0.4 is 10.6 Å². The third kappa shape index (κ3) is 6.29. The number of hydrogen-bond donors (Lipinski definition) is 2. The lowest BCUT2D eigenvalue weighted by Gasteiger charge is -2.14. The van der Waals surface area contributed by atoms with Crippen LogP contribution in [0.1, 0.15) is 27.9 Å². The second kappa shape index (κ2) is 8.68. The topological polar surface area (TPSA) is 54.0 Å².